The molecule has 1 heterocycles. The molecule has 2 amide bonds. The lowest BCUT2D eigenvalue weighted by atomic mass is 10.1. The number of amides is 2. The Kier molecular flexibility index (Phi) is 8.25. The van der Waals surface area contributed by atoms with Crippen molar-refractivity contribution >= 4 is 18.3 Å². The van der Waals surface area contributed by atoms with Gasteiger partial charge in [0.25, 0.3) is 5.91 Å². The largest absolute Gasteiger partial charge is 0.459 e. The number of hydrogen-bond acceptors (Lipinski definition) is 5. The Labute approximate surface area is 155 Å². The summed E-state index contributed by atoms with van der Waals surface area (Å²) in [5, 5.41) is 2.49. The molecule has 7 heteroatoms. The lowest BCUT2D eigenvalue weighted by Gasteiger charge is -2.34. The van der Waals surface area contributed by atoms with Crippen molar-refractivity contribution in [1.82, 2.24) is 15.1 Å². The minimum atomic E-state index is -0.500. The Morgan fingerprint density at radius 3 is 2.27 bits per heavy atom. The Balaban J connectivity index is 2.61. The van der Waals surface area contributed by atoms with E-state index < -0.39 is 5.60 Å². The number of hydrogen-bond donors (Lipinski definition) is 1. The molecule has 0 spiro atoms. The van der Waals surface area contributed by atoms with Crippen molar-refractivity contribution in [2.24, 2.45) is 0 Å². The minimum absolute atomic E-state index is 0.114. The first-order valence-electron chi connectivity index (χ1n) is 8.64. The van der Waals surface area contributed by atoms with Crippen molar-refractivity contribution in [3.8, 4) is 0 Å². The molecule has 0 atom stereocenters. The van der Waals surface area contributed by atoms with Gasteiger partial charge in [-0.15, -0.1) is 0 Å². The summed E-state index contributed by atoms with van der Waals surface area (Å²) in [6.07, 6.45) is 5.31. The quantitative estimate of drug-likeness (QED) is 0.319. The summed E-state index contributed by atoms with van der Waals surface area (Å²) in [6.45, 7) is 13.4. The van der Waals surface area contributed by atoms with Crippen LogP contribution in [0.4, 0.5) is 0 Å². The van der Waals surface area contributed by atoms with Crippen LogP contribution in [0.1, 0.15) is 27.7 Å². The van der Waals surface area contributed by atoms with E-state index in [0.29, 0.717) is 43.9 Å². The van der Waals surface area contributed by atoms with Gasteiger partial charge in [-0.1, -0.05) is 12.7 Å². The van der Waals surface area contributed by atoms with Gasteiger partial charge < -0.3 is 15.0 Å². The third-order valence-electron chi connectivity index (χ3n) is 3.75. The average Bonchev–Trinajstić information content (AvgIpc) is 2.57. The van der Waals surface area contributed by atoms with Crippen LogP contribution in [0.5, 0.6) is 0 Å². The summed E-state index contributed by atoms with van der Waals surface area (Å²) in [4.78, 5) is 38.8. The summed E-state index contributed by atoms with van der Waals surface area (Å²) in [6, 6.07) is 0. The molecule has 1 rings (SSSR count). The summed E-state index contributed by atoms with van der Waals surface area (Å²) >= 11 is 0. The van der Waals surface area contributed by atoms with Gasteiger partial charge in [0.2, 0.25) is 6.41 Å². The average molecular weight is 363 g/mol. The van der Waals surface area contributed by atoms with Crippen LogP contribution in [0.25, 0.3) is 0 Å². The molecule has 0 radical (unpaired) electrons. The number of esters is 1. The molecule has 0 aliphatic carbocycles. The third kappa shape index (κ3) is 7.23. The standard InChI is InChI=1S/C19H29N3O4/c1-6-15(12-16(7-2)20-14-23)18(25)22-10-8-21(9-11-22)13-17(24)26-19(3,4)5/h6-7,12,14H,2,8-11,13H2,1,3-5H3,(H,20,23)/b15-6+,16-12+. The second kappa shape index (κ2) is 9.91. The summed E-state index contributed by atoms with van der Waals surface area (Å²) < 4.78 is 5.33. The van der Waals surface area contributed by atoms with Crippen molar-refractivity contribution < 1.29 is 19.1 Å². The highest BCUT2D eigenvalue weighted by molar-refractivity contribution is 5.96. The van der Waals surface area contributed by atoms with Crippen LogP contribution in [0.3, 0.4) is 0 Å². The minimum Gasteiger partial charge on any atom is -0.459 e. The van der Waals surface area contributed by atoms with E-state index in [2.05, 4.69) is 11.9 Å². The van der Waals surface area contributed by atoms with E-state index in [0.717, 1.165) is 0 Å². The van der Waals surface area contributed by atoms with E-state index in [1.54, 1.807) is 24.0 Å². The molecule has 1 N–H and O–H groups in total. The van der Waals surface area contributed by atoms with Gasteiger partial charge in [0.1, 0.15) is 5.60 Å². The molecule has 0 aromatic carbocycles. The zero-order valence-corrected chi connectivity index (χ0v) is 16.1. The first-order valence-corrected chi connectivity index (χ1v) is 8.64. The van der Waals surface area contributed by atoms with Crippen molar-refractivity contribution in [2.45, 2.75) is 33.3 Å². The predicted octanol–water partition coefficient (Wildman–Crippen LogP) is 1.23. The van der Waals surface area contributed by atoms with Crippen molar-refractivity contribution in [3.05, 3.63) is 36.1 Å². The monoisotopic (exact) mass is 363 g/mol. The molecule has 0 unspecified atom stereocenters. The Morgan fingerprint density at radius 1 is 1.19 bits per heavy atom. The van der Waals surface area contributed by atoms with Crippen LogP contribution in [-0.2, 0) is 19.1 Å². The van der Waals surface area contributed by atoms with Crippen molar-refractivity contribution in [2.75, 3.05) is 32.7 Å². The van der Waals surface area contributed by atoms with Crippen LogP contribution < -0.4 is 5.32 Å². The van der Waals surface area contributed by atoms with Crippen molar-refractivity contribution in [1.29, 1.82) is 0 Å². The molecule has 1 aliphatic rings. The van der Waals surface area contributed by atoms with E-state index in [-0.39, 0.29) is 18.4 Å². The SMILES string of the molecule is C=C/C(=C\C(=C/C)C(=O)N1CCN(CC(=O)OC(C)(C)C)CC1)NC=O. The van der Waals surface area contributed by atoms with Gasteiger partial charge in [0.05, 0.1) is 6.54 Å². The fourth-order valence-electron chi connectivity index (χ4n) is 2.51. The van der Waals surface area contributed by atoms with E-state index >= 15 is 0 Å². The Hall–Kier alpha value is -2.41. The van der Waals surface area contributed by atoms with E-state index in [9.17, 15) is 14.4 Å². The molecule has 0 aromatic rings. The number of ether oxygens (including phenoxy) is 1. The van der Waals surface area contributed by atoms with Crippen LogP contribution in [0, 0.1) is 0 Å². The summed E-state index contributed by atoms with van der Waals surface area (Å²) in [7, 11) is 0. The number of nitrogens with zero attached hydrogens (tertiary/aromatic N) is 2. The highest BCUT2D eigenvalue weighted by Crippen LogP contribution is 2.12. The molecule has 0 aromatic heterocycles. The molecular formula is C19H29N3O4. The van der Waals surface area contributed by atoms with Crippen LogP contribution in [0.2, 0.25) is 0 Å². The fourth-order valence-corrected chi connectivity index (χ4v) is 2.51. The zero-order chi connectivity index (χ0) is 19.7. The lowest BCUT2D eigenvalue weighted by molar-refractivity contribution is -0.156. The maximum atomic E-state index is 12.7. The highest BCUT2D eigenvalue weighted by Gasteiger charge is 2.25. The van der Waals surface area contributed by atoms with E-state index in [4.69, 9.17) is 4.74 Å². The van der Waals surface area contributed by atoms with Crippen LogP contribution >= 0.6 is 0 Å². The fraction of sp³-hybridized carbons (Fsp3) is 0.526. The highest BCUT2D eigenvalue weighted by atomic mass is 16.6. The summed E-state index contributed by atoms with van der Waals surface area (Å²) in [5.41, 5.74) is 0.445. The van der Waals surface area contributed by atoms with Gasteiger partial charge in [0.15, 0.2) is 0 Å². The van der Waals surface area contributed by atoms with Gasteiger partial charge in [0, 0.05) is 37.4 Å². The predicted molar refractivity (Wildman–Crippen MR) is 100 cm³/mol. The molecule has 144 valence electrons. The maximum Gasteiger partial charge on any atom is 0.320 e. The number of rotatable bonds is 7. The molecule has 1 saturated heterocycles. The zero-order valence-electron chi connectivity index (χ0n) is 16.1. The van der Waals surface area contributed by atoms with Crippen molar-refractivity contribution in [3.63, 3.8) is 0 Å². The second-order valence-corrected chi connectivity index (χ2v) is 6.96. The normalized spacial score (nSPS) is 16.8. The number of carbonyl (C=O) groups is 3. The molecule has 0 saturated carbocycles. The van der Waals surface area contributed by atoms with Gasteiger partial charge >= 0.3 is 5.97 Å². The maximum absolute atomic E-state index is 12.7. The van der Waals surface area contributed by atoms with Gasteiger partial charge in [-0.05, 0) is 39.8 Å². The second-order valence-electron chi connectivity index (χ2n) is 6.96. The number of nitrogens with one attached hydrogen (secondary N) is 1. The lowest BCUT2D eigenvalue weighted by Crippen LogP contribution is -2.50. The molecule has 26 heavy (non-hydrogen) atoms. The third-order valence-corrected chi connectivity index (χ3v) is 3.75. The first-order chi connectivity index (χ1) is 12.2. The van der Waals surface area contributed by atoms with Gasteiger partial charge in [-0.25, -0.2) is 0 Å². The smallest absolute Gasteiger partial charge is 0.320 e. The molecule has 1 aliphatic heterocycles. The Morgan fingerprint density at radius 2 is 1.81 bits per heavy atom. The molecular weight excluding hydrogens is 334 g/mol. The molecule has 0 bridgehead atoms. The van der Waals surface area contributed by atoms with E-state index in [1.165, 1.54) is 6.08 Å². The Bertz CT molecular complexity index is 594. The number of carbonyl (C=O) groups excluding carboxylic acids is 3. The topological polar surface area (TPSA) is 79.0 Å². The first kappa shape index (κ1) is 21.6. The van der Waals surface area contributed by atoms with Crippen LogP contribution in [0.15, 0.2) is 36.1 Å². The van der Waals surface area contributed by atoms with Gasteiger partial charge in [-0.3, -0.25) is 19.3 Å². The van der Waals surface area contributed by atoms with Crippen LogP contribution in [-0.4, -0.2) is 66.4 Å². The van der Waals surface area contributed by atoms with Gasteiger partial charge in [-0.2, -0.15) is 0 Å². The number of allylic oxidation sites excluding steroid dienone is 2. The van der Waals surface area contributed by atoms with E-state index in [1.807, 2.05) is 25.7 Å². The summed E-state index contributed by atoms with van der Waals surface area (Å²) in [5.74, 6) is -0.374. The molecule has 7 nitrogen and oxygen atoms in total. The number of piperazine rings is 1. The molecule has 1 fully saturated rings.